The number of Topliss-reactive ketones (excluding diaryl/α,β-unsaturated/α-hetero) is 1. The molecule has 0 saturated heterocycles. The van der Waals surface area contributed by atoms with Gasteiger partial charge in [0.15, 0.2) is 17.3 Å². The van der Waals surface area contributed by atoms with E-state index in [0.29, 0.717) is 40.9 Å². The zero-order valence-corrected chi connectivity index (χ0v) is 19.2. The van der Waals surface area contributed by atoms with Gasteiger partial charge in [0.05, 0.1) is 36.8 Å². The molecule has 3 aromatic rings. The van der Waals surface area contributed by atoms with E-state index in [1.165, 1.54) is 31.0 Å². The van der Waals surface area contributed by atoms with E-state index in [9.17, 15) is 9.18 Å². The third-order valence-corrected chi connectivity index (χ3v) is 6.34. The molecule has 6 heteroatoms. The summed E-state index contributed by atoms with van der Waals surface area (Å²) in [4.78, 5) is 13.5. The van der Waals surface area contributed by atoms with Gasteiger partial charge in [0.2, 0.25) is 0 Å². The lowest BCUT2D eigenvalue weighted by atomic mass is 9.83. The molecule has 1 heterocycles. The average Bonchev–Trinajstić information content (AvgIpc) is 3.71. The number of carbonyl (C=O) groups is 1. The van der Waals surface area contributed by atoms with Gasteiger partial charge in [0.25, 0.3) is 0 Å². The summed E-state index contributed by atoms with van der Waals surface area (Å²) in [6.45, 7) is 0.631. The zero-order valence-electron chi connectivity index (χ0n) is 19.2. The molecule has 0 N–H and O–H groups in total. The second kappa shape index (κ2) is 9.63. The predicted octanol–water partition coefficient (Wildman–Crippen LogP) is 5.94. The number of fused-ring (bicyclic) bond motifs is 1. The van der Waals surface area contributed by atoms with E-state index in [-0.39, 0.29) is 11.3 Å². The van der Waals surface area contributed by atoms with E-state index >= 15 is 0 Å². The van der Waals surface area contributed by atoms with Gasteiger partial charge in [-0.05, 0) is 66.8 Å². The minimum absolute atomic E-state index is 0.207. The fourth-order valence-corrected chi connectivity index (χ4v) is 4.25. The van der Waals surface area contributed by atoms with E-state index in [1.54, 1.807) is 31.4 Å². The first kappa shape index (κ1) is 22.7. The Morgan fingerprint density at radius 1 is 1.14 bits per heavy atom. The van der Waals surface area contributed by atoms with Crippen molar-refractivity contribution in [3.05, 3.63) is 94.8 Å². The van der Waals surface area contributed by atoms with Crippen molar-refractivity contribution in [1.82, 2.24) is 0 Å². The maximum Gasteiger partial charge on any atom is 0.178 e. The number of carbonyl (C=O) groups excluding carboxylic acids is 1. The molecule has 5 rings (SSSR count). The Morgan fingerprint density at radius 3 is 2.66 bits per heavy atom. The molecule has 0 bridgehead atoms. The van der Waals surface area contributed by atoms with Crippen LogP contribution in [0.4, 0.5) is 4.39 Å². The van der Waals surface area contributed by atoms with Gasteiger partial charge in [-0.1, -0.05) is 30.3 Å². The number of para-hydroxylation sites is 1. The average molecular weight is 470 g/mol. The van der Waals surface area contributed by atoms with Crippen LogP contribution >= 0.6 is 0 Å². The largest absolute Gasteiger partial charge is 0.493 e. The van der Waals surface area contributed by atoms with Gasteiger partial charge < -0.3 is 14.2 Å². The number of halogens is 1. The maximum absolute atomic E-state index is 13.9. The van der Waals surface area contributed by atoms with E-state index in [0.717, 1.165) is 5.56 Å². The van der Waals surface area contributed by atoms with Crippen LogP contribution < -0.4 is 14.2 Å². The minimum atomic E-state index is -0.699. The van der Waals surface area contributed by atoms with Crippen molar-refractivity contribution >= 4 is 11.9 Å². The molecule has 176 valence electrons. The van der Waals surface area contributed by atoms with E-state index < -0.39 is 17.8 Å². The van der Waals surface area contributed by atoms with Crippen LogP contribution in [0.1, 0.15) is 45.8 Å². The summed E-state index contributed by atoms with van der Waals surface area (Å²) >= 11 is 0. The van der Waals surface area contributed by atoms with Crippen LogP contribution in [0.2, 0.25) is 0 Å². The fourth-order valence-electron chi connectivity index (χ4n) is 4.25. The summed E-state index contributed by atoms with van der Waals surface area (Å²) in [6.07, 6.45) is 5.39. The zero-order chi connectivity index (χ0) is 24.4. The van der Waals surface area contributed by atoms with Gasteiger partial charge in [-0.25, -0.2) is 4.39 Å². The number of hydrogen-bond donors (Lipinski definition) is 0. The van der Waals surface area contributed by atoms with E-state index in [4.69, 9.17) is 19.5 Å². The molecule has 0 amide bonds. The SMILES string of the molecule is COc1cccc(/C=C/C2Oc3ccc(F)cc3C(=O)C2c2ccc(C#N)cc2)c1OCC1CC1. The Morgan fingerprint density at radius 2 is 1.94 bits per heavy atom. The first-order valence-electron chi connectivity index (χ1n) is 11.6. The summed E-state index contributed by atoms with van der Waals surface area (Å²) in [6, 6.07) is 18.5. The van der Waals surface area contributed by atoms with Crippen LogP contribution in [-0.4, -0.2) is 25.6 Å². The lowest BCUT2D eigenvalue weighted by molar-refractivity contribution is 0.0841. The molecule has 1 aliphatic heterocycles. The maximum atomic E-state index is 13.9. The van der Waals surface area contributed by atoms with Gasteiger partial charge in [-0.3, -0.25) is 4.79 Å². The number of rotatable bonds is 7. The molecular weight excluding hydrogens is 445 g/mol. The molecule has 2 atom stereocenters. The van der Waals surface area contributed by atoms with E-state index in [2.05, 4.69) is 6.07 Å². The first-order valence-corrected chi connectivity index (χ1v) is 11.6. The molecule has 0 radical (unpaired) electrons. The molecule has 2 aliphatic rings. The molecule has 5 nitrogen and oxygen atoms in total. The highest BCUT2D eigenvalue weighted by molar-refractivity contribution is 6.05. The van der Waals surface area contributed by atoms with Crippen molar-refractivity contribution < 1.29 is 23.4 Å². The number of hydrogen-bond acceptors (Lipinski definition) is 5. The standard InChI is InChI=1S/C29H24FNO4/c1-33-26-4-2-3-21(29(26)34-17-19-5-6-19)11-13-25-27(20-9-7-18(16-31)8-10-20)28(32)23-15-22(30)12-14-24(23)35-25/h2-4,7-15,19,25,27H,5-6,17H2,1H3/b13-11+. The molecule has 35 heavy (non-hydrogen) atoms. The van der Waals surface area contributed by atoms with Crippen molar-refractivity contribution in [3.63, 3.8) is 0 Å². The second-order valence-corrected chi connectivity index (χ2v) is 8.79. The number of methoxy groups -OCH3 is 1. The summed E-state index contributed by atoms with van der Waals surface area (Å²) in [5.41, 5.74) is 2.20. The minimum Gasteiger partial charge on any atom is -0.493 e. The predicted molar refractivity (Wildman–Crippen MR) is 129 cm³/mol. The van der Waals surface area contributed by atoms with Crippen LogP contribution in [0.5, 0.6) is 17.2 Å². The Hall–Kier alpha value is -4.11. The molecule has 0 aromatic heterocycles. The van der Waals surface area contributed by atoms with Crippen molar-refractivity contribution in [2.45, 2.75) is 24.9 Å². The van der Waals surface area contributed by atoms with Gasteiger partial charge in [0.1, 0.15) is 17.7 Å². The van der Waals surface area contributed by atoms with Gasteiger partial charge in [-0.2, -0.15) is 5.26 Å². The van der Waals surface area contributed by atoms with Crippen molar-refractivity contribution in [1.29, 1.82) is 5.26 Å². The molecule has 1 aliphatic carbocycles. The first-order chi connectivity index (χ1) is 17.1. The molecule has 3 aromatic carbocycles. The Labute approximate surface area is 203 Å². The van der Waals surface area contributed by atoms with Crippen LogP contribution in [0.3, 0.4) is 0 Å². The lowest BCUT2D eigenvalue weighted by Gasteiger charge is -2.31. The van der Waals surface area contributed by atoms with Crippen molar-refractivity contribution in [2.75, 3.05) is 13.7 Å². The smallest absolute Gasteiger partial charge is 0.178 e. The van der Waals surface area contributed by atoms with Crippen LogP contribution in [0.15, 0.2) is 66.7 Å². The second-order valence-electron chi connectivity index (χ2n) is 8.79. The van der Waals surface area contributed by atoms with Crippen LogP contribution in [0.25, 0.3) is 6.08 Å². The highest BCUT2D eigenvalue weighted by atomic mass is 19.1. The van der Waals surface area contributed by atoms with Gasteiger partial charge in [0, 0.05) is 5.56 Å². The lowest BCUT2D eigenvalue weighted by Crippen LogP contribution is -2.34. The van der Waals surface area contributed by atoms with Crippen LogP contribution in [-0.2, 0) is 0 Å². The Kier molecular flexibility index (Phi) is 6.24. The van der Waals surface area contributed by atoms with Gasteiger partial charge >= 0.3 is 0 Å². The number of ether oxygens (including phenoxy) is 3. The summed E-state index contributed by atoms with van der Waals surface area (Å²) in [7, 11) is 1.60. The molecule has 1 saturated carbocycles. The molecule has 2 unspecified atom stereocenters. The summed E-state index contributed by atoms with van der Waals surface area (Å²) in [5, 5.41) is 9.15. The third-order valence-electron chi connectivity index (χ3n) is 6.34. The molecule has 1 fully saturated rings. The van der Waals surface area contributed by atoms with Crippen LogP contribution in [0, 0.1) is 23.1 Å². The summed E-state index contributed by atoms with van der Waals surface area (Å²) in [5.74, 6) is 0.772. The van der Waals surface area contributed by atoms with Gasteiger partial charge in [-0.15, -0.1) is 0 Å². The van der Waals surface area contributed by atoms with Crippen molar-refractivity contribution in [2.24, 2.45) is 5.92 Å². The third kappa shape index (κ3) is 4.76. The summed E-state index contributed by atoms with van der Waals surface area (Å²) < 4.78 is 31.7. The monoisotopic (exact) mass is 469 g/mol. The number of nitriles is 1. The highest BCUT2D eigenvalue weighted by Gasteiger charge is 2.37. The Balaban J connectivity index is 1.52. The number of ketones is 1. The number of nitrogens with zero attached hydrogens (tertiary/aromatic N) is 1. The molecule has 0 spiro atoms. The molecular formula is C29H24FNO4. The van der Waals surface area contributed by atoms with Crippen molar-refractivity contribution in [3.8, 4) is 23.3 Å². The fraction of sp³-hybridized carbons (Fsp3) is 0.241. The topological polar surface area (TPSA) is 68.5 Å². The highest BCUT2D eigenvalue weighted by Crippen LogP contribution is 2.39. The Bertz CT molecular complexity index is 1320. The quantitative estimate of drug-likeness (QED) is 0.429. The van der Waals surface area contributed by atoms with E-state index in [1.807, 2.05) is 30.4 Å². The normalized spacial score (nSPS) is 19.1. The number of benzene rings is 3.